The zero-order valence-electron chi connectivity index (χ0n) is 17.4. The lowest BCUT2D eigenvalue weighted by Crippen LogP contribution is -2.39. The number of carbonyl (C=O) groups excluding carboxylic acids is 1. The Labute approximate surface area is 185 Å². The van der Waals surface area contributed by atoms with Crippen molar-refractivity contribution in [2.24, 2.45) is 4.99 Å². The van der Waals surface area contributed by atoms with Crippen LogP contribution in [0.15, 0.2) is 22.7 Å². The molecule has 0 aliphatic rings. The van der Waals surface area contributed by atoms with Crippen LogP contribution in [0.5, 0.6) is 0 Å². The first-order valence-corrected chi connectivity index (χ1v) is 13.3. The molecule has 0 aromatic heterocycles. The molecule has 1 aromatic rings. The number of hydrogen-bond acceptors (Lipinski definition) is 5. The van der Waals surface area contributed by atoms with Crippen LogP contribution >= 0.6 is 22.6 Å². The van der Waals surface area contributed by atoms with Crippen molar-refractivity contribution in [3.8, 4) is 0 Å². The average Bonchev–Trinajstić information content (AvgIpc) is 2.59. The van der Waals surface area contributed by atoms with Crippen LogP contribution in [-0.4, -0.2) is 43.6 Å². The number of nitrogens with zero attached hydrogens (tertiary/aromatic N) is 1. The first kappa shape index (κ1) is 25.7. The second-order valence-electron chi connectivity index (χ2n) is 7.81. The van der Waals surface area contributed by atoms with Crippen molar-refractivity contribution < 1.29 is 28.2 Å². The summed E-state index contributed by atoms with van der Waals surface area (Å²) in [6, 6.07) is 2.22. The molecule has 162 valence electrons. The van der Waals surface area contributed by atoms with E-state index in [-0.39, 0.29) is 17.2 Å². The van der Waals surface area contributed by atoms with Crippen LogP contribution in [0.4, 0.5) is 8.78 Å². The predicted molar refractivity (Wildman–Crippen MR) is 122 cm³/mol. The second-order valence-corrected chi connectivity index (χ2v) is 13.5. The van der Waals surface area contributed by atoms with Gasteiger partial charge in [0, 0.05) is 16.3 Å². The number of aliphatic hydroxyl groups excluding tert-OH is 1. The Morgan fingerprint density at radius 3 is 2.52 bits per heavy atom. The van der Waals surface area contributed by atoms with Gasteiger partial charge in [-0.05, 0) is 72.6 Å². The van der Waals surface area contributed by atoms with Gasteiger partial charge in [0.1, 0.15) is 11.3 Å². The summed E-state index contributed by atoms with van der Waals surface area (Å²) in [4.78, 5) is 26.7. The average molecular weight is 539 g/mol. The van der Waals surface area contributed by atoms with Gasteiger partial charge >= 0.3 is 5.97 Å². The van der Waals surface area contributed by atoms with Crippen LogP contribution in [0.1, 0.15) is 39.2 Å². The summed E-state index contributed by atoms with van der Waals surface area (Å²) >= 11 is 1.78. The second kappa shape index (κ2) is 10.6. The molecule has 1 aromatic carbocycles. The molecule has 0 spiro atoms. The van der Waals surface area contributed by atoms with Crippen molar-refractivity contribution in [1.29, 1.82) is 0 Å². The molecule has 1 rings (SSSR count). The molecule has 9 heteroatoms. The largest absolute Gasteiger partial charge is 0.506 e. The Hall–Kier alpha value is -1.33. The molecule has 0 unspecified atom stereocenters. The fourth-order valence-electron chi connectivity index (χ4n) is 2.37. The minimum absolute atomic E-state index is 0.0526. The number of aliphatic hydroxyl groups is 1. The Balaban J connectivity index is 3.10. The highest BCUT2D eigenvalue weighted by Gasteiger charge is 2.37. The fourth-order valence-corrected chi connectivity index (χ4v) is 3.74. The summed E-state index contributed by atoms with van der Waals surface area (Å²) < 4.78 is 33.1. The summed E-state index contributed by atoms with van der Waals surface area (Å²) in [5.74, 6) is -3.99. The number of hydrogen-bond donors (Lipinski definition) is 2. The number of benzene rings is 1. The van der Waals surface area contributed by atoms with Gasteiger partial charge in [0.15, 0.2) is 20.0 Å². The minimum Gasteiger partial charge on any atom is -0.506 e. The maximum absolute atomic E-state index is 14.1. The van der Waals surface area contributed by atoms with Crippen molar-refractivity contribution in [3.63, 3.8) is 0 Å². The van der Waals surface area contributed by atoms with E-state index in [2.05, 4.69) is 4.99 Å². The summed E-state index contributed by atoms with van der Waals surface area (Å²) in [7, 11) is -2.33. The van der Waals surface area contributed by atoms with Crippen LogP contribution in [-0.2, 0) is 9.53 Å². The monoisotopic (exact) mass is 539 g/mol. The molecule has 0 radical (unpaired) electrons. The van der Waals surface area contributed by atoms with E-state index in [9.17, 15) is 23.5 Å². The summed E-state index contributed by atoms with van der Waals surface area (Å²) in [5.41, 5.74) is -0.777. The third kappa shape index (κ3) is 7.14. The topological polar surface area (TPSA) is 79.1 Å². The Bertz CT molecular complexity index is 804. The first-order valence-electron chi connectivity index (χ1n) is 9.29. The molecule has 5 nitrogen and oxygen atoms in total. The van der Waals surface area contributed by atoms with Gasteiger partial charge in [0.05, 0.1) is 12.2 Å². The van der Waals surface area contributed by atoms with E-state index in [1.165, 1.54) is 6.07 Å². The number of ether oxygens (including phenoxy) is 1. The predicted octanol–water partition coefficient (Wildman–Crippen LogP) is 5.23. The SMILES string of the molecule is CCOC(=O)C(C=NCCCC(C)(C)[Si](C)(C)O)=C(O)c1cc(I)cc(F)c1F. The summed E-state index contributed by atoms with van der Waals surface area (Å²) in [5, 5.41) is 10.2. The molecule has 29 heavy (non-hydrogen) atoms. The van der Waals surface area contributed by atoms with Crippen LogP contribution in [0.25, 0.3) is 5.76 Å². The molecule has 0 heterocycles. The van der Waals surface area contributed by atoms with Crippen molar-refractivity contribution in [3.05, 3.63) is 38.5 Å². The van der Waals surface area contributed by atoms with E-state index >= 15 is 0 Å². The van der Waals surface area contributed by atoms with E-state index in [1.54, 1.807) is 29.5 Å². The van der Waals surface area contributed by atoms with Gasteiger partial charge in [-0.1, -0.05) is 13.8 Å². The molecule has 0 fully saturated rings. The van der Waals surface area contributed by atoms with Crippen molar-refractivity contribution in [2.75, 3.05) is 13.2 Å². The molecule has 0 aliphatic carbocycles. The van der Waals surface area contributed by atoms with Crippen LogP contribution in [0.3, 0.4) is 0 Å². The lowest BCUT2D eigenvalue weighted by Gasteiger charge is -2.34. The zero-order valence-corrected chi connectivity index (χ0v) is 20.5. The number of carbonyl (C=O) groups is 1. The summed E-state index contributed by atoms with van der Waals surface area (Å²) in [6.45, 7) is 9.76. The first-order chi connectivity index (χ1) is 13.3. The molecule has 0 amide bonds. The van der Waals surface area contributed by atoms with Crippen LogP contribution < -0.4 is 0 Å². The molecular formula is C20H28F2INO4Si. The third-order valence-corrected chi connectivity index (χ3v) is 9.15. The smallest absolute Gasteiger partial charge is 0.343 e. The molecule has 0 bridgehead atoms. The Morgan fingerprint density at radius 2 is 1.97 bits per heavy atom. The molecular weight excluding hydrogens is 511 g/mol. The van der Waals surface area contributed by atoms with Gasteiger partial charge < -0.3 is 14.6 Å². The molecule has 0 aliphatic heterocycles. The highest BCUT2D eigenvalue weighted by atomic mass is 127. The van der Waals surface area contributed by atoms with Gasteiger partial charge in [-0.15, -0.1) is 0 Å². The fraction of sp³-hybridized carbons (Fsp3) is 0.500. The summed E-state index contributed by atoms with van der Waals surface area (Å²) in [6.07, 6.45) is 2.52. The van der Waals surface area contributed by atoms with Gasteiger partial charge in [0.2, 0.25) is 0 Å². The molecule has 0 saturated heterocycles. The maximum Gasteiger partial charge on any atom is 0.343 e. The minimum atomic E-state index is -2.33. The lowest BCUT2D eigenvalue weighted by molar-refractivity contribution is -0.137. The van der Waals surface area contributed by atoms with Crippen LogP contribution in [0, 0.1) is 15.2 Å². The normalized spacial score (nSPS) is 13.6. The van der Waals surface area contributed by atoms with Crippen molar-refractivity contribution >= 4 is 48.9 Å². The van der Waals surface area contributed by atoms with E-state index in [4.69, 9.17) is 4.74 Å². The number of halogens is 3. The highest BCUT2D eigenvalue weighted by Crippen LogP contribution is 2.39. The van der Waals surface area contributed by atoms with Gasteiger partial charge in [0.25, 0.3) is 0 Å². The van der Waals surface area contributed by atoms with Gasteiger partial charge in [-0.25, -0.2) is 13.6 Å². The van der Waals surface area contributed by atoms with Gasteiger partial charge in [-0.2, -0.15) is 0 Å². The number of rotatable bonds is 9. The maximum atomic E-state index is 14.1. The molecule has 0 atom stereocenters. The van der Waals surface area contributed by atoms with E-state index in [0.29, 0.717) is 16.5 Å². The molecule has 2 N–H and O–H groups in total. The van der Waals surface area contributed by atoms with Gasteiger partial charge in [-0.3, -0.25) is 4.99 Å². The Morgan fingerprint density at radius 1 is 1.34 bits per heavy atom. The van der Waals surface area contributed by atoms with Crippen LogP contribution in [0.2, 0.25) is 18.1 Å². The van der Waals surface area contributed by atoms with Crippen molar-refractivity contribution in [2.45, 2.75) is 51.7 Å². The Kier molecular flexibility index (Phi) is 9.42. The number of esters is 1. The lowest BCUT2D eigenvalue weighted by atomic mass is 10.1. The molecule has 0 saturated carbocycles. The van der Waals surface area contributed by atoms with Crippen molar-refractivity contribution in [1.82, 2.24) is 0 Å². The van der Waals surface area contributed by atoms with E-state index in [1.807, 2.05) is 26.9 Å². The zero-order chi connectivity index (χ0) is 22.4. The van der Waals surface area contributed by atoms with E-state index < -0.39 is 37.2 Å². The third-order valence-electron chi connectivity index (χ3n) is 4.96. The highest BCUT2D eigenvalue weighted by molar-refractivity contribution is 14.1. The quantitative estimate of drug-likeness (QED) is 0.0659. The van der Waals surface area contributed by atoms with E-state index in [0.717, 1.165) is 18.7 Å². The standard InChI is InChI=1S/C20H28F2INO4Si/c1-6-28-19(26)15(12-24-9-7-8-20(2,3)29(4,5)27)18(25)14-10-13(23)11-16(21)17(14)22/h10-12,25,27H,6-9H2,1-5H3. The number of aliphatic imine (C=N–C) groups is 1.